The molecule has 218 valence electrons. The van der Waals surface area contributed by atoms with Crippen molar-refractivity contribution < 1.29 is 4.79 Å². The molecule has 5 atom stereocenters. The van der Waals surface area contributed by atoms with Gasteiger partial charge in [-0.3, -0.25) is 0 Å². The van der Waals surface area contributed by atoms with Crippen LogP contribution in [0.1, 0.15) is 101 Å². The highest BCUT2D eigenvalue weighted by atomic mass is 32.1. The molecule has 0 amide bonds. The lowest BCUT2D eigenvalue weighted by molar-refractivity contribution is -0.107. The van der Waals surface area contributed by atoms with Crippen molar-refractivity contribution in [2.45, 2.75) is 112 Å². The van der Waals surface area contributed by atoms with Gasteiger partial charge in [0, 0.05) is 17.4 Å². The third-order valence-corrected chi connectivity index (χ3v) is 6.68. The maximum absolute atomic E-state index is 9.17. The molecular weight excluding hydrogens is 482 g/mol. The molecule has 0 radical (unpaired) electrons. The summed E-state index contributed by atoms with van der Waals surface area (Å²) in [4.78, 5) is 10.2. The zero-order chi connectivity index (χ0) is 29.5. The van der Waals surface area contributed by atoms with Gasteiger partial charge in [-0.25, -0.2) is 0 Å². The highest BCUT2D eigenvalue weighted by Gasteiger charge is 2.38. The molecule has 2 bridgehead atoms. The van der Waals surface area contributed by atoms with Gasteiger partial charge in [-0.1, -0.05) is 112 Å². The average molecular weight is 544 g/mol. The van der Waals surface area contributed by atoms with E-state index in [2.05, 4.69) is 83.9 Å². The first-order valence-corrected chi connectivity index (χ1v) is 15.6. The first-order chi connectivity index (χ1) is 18.2. The third kappa shape index (κ3) is 17.1. The van der Waals surface area contributed by atoms with E-state index >= 15 is 0 Å². The summed E-state index contributed by atoms with van der Waals surface area (Å²) in [5.74, 6) is 4.74. The summed E-state index contributed by atoms with van der Waals surface area (Å²) >= 11 is 4.24. The Labute approximate surface area is 243 Å². The number of benzene rings is 2. The summed E-state index contributed by atoms with van der Waals surface area (Å²) in [7, 11) is 2.14. The Morgan fingerprint density at radius 3 is 1.76 bits per heavy atom. The van der Waals surface area contributed by atoms with Gasteiger partial charge in [-0.15, -0.1) is 12.6 Å². The van der Waals surface area contributed by atoms with E-state index < -0.39 is 0 Å². The summed E-state index contributed by atoms with van der Waals surface area (Å²) in [6.07, 6.45) is 7.44. The zero-order valence-electron chi connectivity index (χ0n) is 26.6. The predicted octanol–water partition coefficient (Wildman–Crippen LogP) is 10.6. The van der Waals surface area contributed by atoms with Crippen molar-refractivity contribution in [2.75, 3.05) is 7.05 Å². The van der Waals surface area contributed by atoms with Gasteiger partial charge in [0.15, 0.2) is 0 Å². The summed E-state index contributed by atoms with van der Waals surface area (Å²) in [5.41, 5.74) is 2.48. The molecule has 0 saturated heterocycles. The first-order valence-electron chi connectivity index (χ1n) is 15.2. The maximum atomic E-state index is 9.17. The molecule has 5 unspecified atom stereocenters. The van der Waals surface area contributed by atoms with Gasteiger partial charge in [0.2, 0.25) is 0 Å². The second kappa shape index (κ2) is 24.5. The van der Waals surface area contributed by atoms with E-state index in [0.29, 0.717) is 6.42 Å². The molecule has 2 fully saturated rings. The van der Waals surface area contributed by atoms with Crippen LogP contribution in [0, 0.1) is 29.6 Å². The molecule has 2 aliphatic rings. The van der Waals surface area contributed by atoms with Gasteiger partial charge >= 0.3 is 0 Å². The fourth-order valence-electron chi connectivity index (χ4n) is 5.23. The van der Waals surface area contributed by atoms with Gasteiger partial charge in [0.1, 0.15) is 6.29 Å². The fraction of sp³-hybridized carbons (Fsp3) is 0.629. The maximum Gasteiger partial charge on any atom is 0.119 e. The third-order valence-electron chi connectivity index (χ3n) is 6.38. The van der Waals surface area contributed by atoms with E-state index in [9.17, 15) is 4.79 Å². The molecular formula is C35H61NOS. The minimum Gasteiger partial charge on any atom is -0.316 e. The monoisotopic (exact) mass is 543 g/mol. The fourth-order valence-corrected chi connectivity index (χ4v) is 5.38. The van der Waals surface area contributed by atoms with Crippen molar-refractivity contribution in [1.29, 1.82) is 0 Å². The second-order valence-corrected chi connectivity index (χ2v) is 11.2. The van der Waals surface area contributed by atoms with Crippen molar-refractivity contribution in [2.24, 2.45) is 29.6 Å². The zero-order valence-corrected chi connectivity index (χ0v) is 27.5. The first kappa shape index (κ1) is 38.6. The molecule has 2 aliphatic carbocycles. The Kier molecular flexibility index (Phi) is 24.8. The smallest absolute Gasteiger partial charge is 0.119 e. The van der Waals surface area contributed by atoms with Gasteiger partial charge in [-0.2, -0.15) is 0 Å². The minimum atomic E-state index is 0.639. The van der Waals surface area contributed by atoms with Crippen molar-refractivity contribution in [3.05, 3.63) is 54.6 Å². The van der Waals surface area contributed by atoms with E-state index in [-0.39, 0.29) is 0 Å². The van der Waals surface area contributed by atoms with Crippen LogP contribution in [0.25, 0.3) is 11.1 Å². The van der Waals surface area contributed by atoms with Gasteiger partial charge in [-0.05, 0) is 85.6 Å². The average Bonchev–Trinajstić information content (AvgIpc) is 2.92. The molecule has 4 rings (SSSR count). The Hall–Kier alpha value is -1.58. The number of fused-ring (bicyclic) bond motifs is 2. The van der Waals surface area contributed by atoms with Crippen LogP contribution >= 0.6 is 12.6 Å². The van der Waals surface area contributed by atoms with Gasteiger partial charge in [0.05, 0.1) is 0 Å². The molecule has 0 aromatic heterocycles. The predicted molar refractivity (Wildman–Crippen MR) is 175 cm³/mol. The molecule has 2 saturated carbocycles. The van der Waals surface area contributed by atoms with Crippen LogP contribution in [0.5, 0.6) is 0 Å². The molecule has 2 aromatic carbocycles. The summed E-state index contributed by atoms with van der Waals surface area (Å²) < 4.78 is 0. The topological polar surface area (TPSA) is 29.1 Å². The van der Waals surface area contributed by atoms with Gasteiger partial charge in [0.25, 0.3) is 0 Å². The van der Waals surface area contributed by atoms with Crippen LogP contribution in [0.3, 0.4) is 0 Å². The van der Waals surface area contributed by atoms with Gasteiger partial charge < -0.3 is 10.1 Å². The molecule has 38 heavy (non-hydrogen) atoms. The molecule has 2 nitrogen and oxygen atoms in total. The summed E-state index contributed by atoms with van der Waals surface area (Å²) in [5, 5.41) is 3.53. The lowest BCUT2D eigenvalue weighted by Crippen LogP contribution is -2.47. The molecule has 0 heterocycles. The number of thiol groups is 1. The van der Waals surface area contributed by atoms with E-state index in [1.54, 1.807) is 0 Å². The highest BCUT2D eigenvalue weighted by Crippen LogP contribution is 2.44. The quantitative estimate of drug-likeness (QED) is 0.298. The molecule has 0 spiro atoms. The highest BCUT2D eigenvalue weighted by molar-refractivity contribution is 7.80. The van der Waals surface area contributed by atoms with Crippen molar-refractivity contribution >= 4 is 18.9 Å². The Morgan fingerprint density at radius 2 is 1.32 bits per heavy atom. The Morgan fingerprint density at radius 1 is 0.842 bits per heavy atom. The molecule has 2 aromatic rings. The van der Waals surface area contributed by atoms with E-state index in [4.69, 9.17) is 0 Å². The normalized spacial score (nSPS) is 22.6. The molecule has 0 aliphatic heterocycles. The van der Waals surface area contributed by atoms with Crippen LogP contribution in [0.2, 0.25) is 0 Å². The SMILES string of the molecule is CC.CC.CC(C)C.CCC=O.CNC1C(C)CC2CC(C)CC1C2.Sc1ccc(-c2ccccc2)cc1. The number of carbonyl (C=O) groups excluding carboxylic acids is 1. The Balaban J connectivity index is 0. The number of hydrogen-bond acceptors (Lipinski definition) is 3. The standard InChI is InChI=1S/C12H23N.C12H10S.C4H10.C3H6O.2C2H6/c1-8-4-10-6-9(2)12(13-3)11(5-8)7-10;13-12-8-6-11(7-9-12)10-4-2-1-3-5-10;1-4(2)3;1-2-3-4;2*1-2/h8-13H,4-7H2,1-3H3;1-9,13H;4H,1-3H3;3H,2H2,1H3;2*1-2H3. The van der Waals surface area contributed by atoms with E-state index in [1.807, 2.05) is 65.0 Å². The lowest BCUT2D eigenvalue weighted by atomic mass is 9.63. The second-order valence-electron chi connectivity index (χ2n) is 10.7. The number of hydrogen-bond donors (Lipinski definition) is 2. The molecule has 1 N–H and O–H groups in total. The van der Waals surface area contributed by atoms with Crippen molar-refractivity contribution in [3.8, 4) is 11.1 Å². The van der Waals surface area contributed by atoms with E-state index in [0.717, 1.165) is 46.8 Å². The number of rotatable bonds is 3. The number of aldehydes is 1. The van der Waals surface area contributed by atoms with Crippen LogP contribution in [-0.2, 0) is 4.79 Å². The van der Waals surface area contributed by atoms with Crippen LogP contribution in [-0.4, -0.2) is 19.4 Å². The summed E-state index contributed by atoms with van der Waals surface area (Å²) in [6, 6.07) is 19.3. The van der Waals surface area contributed by atoms with Crippen molar-refractivity contribution in [3.63, 3.8) is 0 Å². The van der Waals surface area contributed by atoms with Crippen LogP contribution in [0.15, 0.2) is 59.5 Å². The van der Waals surface area contributed by atoms with Crippen LogP contribution in [0.4, 0.5) is 0 Å². The number of carbonyl (C=O) groups is 1. The van der Waals surface area contributed by atoms with E-state index in [1.165, 1.54) is 36.8 Å². The van der Waals surface area contributed by atoms with Crippen LogP contribution < -0.4 is 5.32 Å². The lowest BCUT2D eigenvalue weighted by Gasteiger charge is -2.46. The molecule has 3 heteroatoms. The number of nitrogens with one attached hydrogen (secondary N) is 1. The van der Waals surface area contributed by atoms with Crippen molar-refractivity contribution in [1.82, 2.24) is 5.32 Å². The summed E-state index contributed by atoms with van der Waals surface area (Å²) in [6.45, 7) is 21.2. The largest absolute Gasteiger partial charge is 0.316 e. The minimum absolute atomic E-state index is 0.639. The Bertz CT molecular complexity index is 768.